The maximum Gasteiger partial charge on any atom is 0.410 e. The predicted octanol–water partition coefficient (Wildman–Crippen LogP) is 3.23. The number of carbonyl (C=O) groups excluding carboxylic acids is 2. The molecule has 1 heterocycles. The molecule has 1 amide bonds. The predicted molar refractivity (Wildman–Crippen MR) is 84.9 cm³/mol. The number of rotatable bonds is 4. The molecule has 3 rings (SSSR count). The van der Waals surface area contributed by atoms with Crippen molar-refractivity contribution >= 4 is 12.1 Å². The van der Waals surface area contributed by atoms with Crippen LogP contribution in [0, 0.1) is 11.8 Å². The molecule has 3 atom stereocenters. The van der Waals surface area contributed by atoms with Gasteiger partial charge in [0, 0.05) is 24.8 Å². The van der Waals surface area contributed by atoms with Crippen molar-refractivity contribution < 1.29 is 27.8 Å². The van der Waals surface area contributed by atoms with Crippen molar-refractivity contribution in [2.24, 2.45) is 11.8 Å². The minimum absolute atomic E-state index is 0.0252. The summed E-state index contributed by atoms with van der Waals surface area (Å²) in [4.78, 5) is 25.8. The van der Waals surface area contributed by atoms with Crippen LogP contribution in [-0.4, -0.2) is 42.1 Å². The van der Waals surface area contributed by atoms with Gasteiger partial charge in [0.15, 0.2) is 0 Å². The minimum Gasteiger partial charge on any atom is -0.464 e. The van der Waals surface area contributed by atoms with Gasteiger partial charge in [-0.1, -0.05) is 30.3 Å². The fourth-order valence-electron chi connectivity index (χ4n) is 3.78. The molecular weight excluding hydrogens is 332 g/mol. The molecule has 1 aromatic carbocycles. The van der Waals surface area contributed by atoms with Gasteiger partial charge in [-0.2, -0.15) is 0 Å². The first-order valence-electron chi connectivity index (χ1n) is 8.46. The third-order valence-electron chi connectivity index (χ3n) is 4.97. The van der Waals surface area contributed by atoms with Crippen LogP contribution in [0.5, 0.6) is 0 Å². The van der Waals surface area contributed by atoms with E-state index in [1.54, 1.807) is 19.1 Å². The number of esters is 1. The van der Waals surface area contributed by atoms with Gasteiger partial charge < -0.3 is 9.47 Å². The summed E-state index contributed by atoms with van der Waals surface area (Å²) in [6.07, 6.45) is -0.818. The van der Waals surface area contributed by atoms with Crippen LogP contribution in [0.15, 0.2) is 30.3 Å². The monoisotopic (exact) mass is 353 g/mol. The summed E-state index contributed by atoms with van der Waals surface area (Å²) in [7, 11) is 0. The molecule has 5 nitrogen and oxygen atoms in total. The lowest BCUT2D eigenvalue weighted by Gasteiger charge is -2.25. The Balaban J connectivity index is 1.73. The first-order valence-corrected chi connectivity index (χ1v) is 8.46. The number of amides is 1. The van der Waals surface area contributed by atoms with E-state index in [4.69, 9.17) is 9.47 Å². The number of hydrogen-bond acceptors (Lipinski definition) is 4. The average molecular weight is 353 g/mol. The van der Waals surface area contributed by atoms with Crippen LogP contribution >= 0.6 is 0 Å². The molecule has 25 heavy (non-hydrogen) atoms. The number of likely N-dealkylation sites (tertiary alicyclic amines) is 1. The molecular formula is C18H21F2NO4. The summed E-state index contributed by atoms with van der Waals surface area (Å²) in [6, 6.07) is 8.05. The van der Waals surface area contributed by atoms with Gasteiger partial charge in [-0.3, -0.25) is 4.90 Å². The summed E-state index contributed by atoms with van der Waals surface area (Å²) in [5, 5.41) is 0. The van der Waals surface area contributed by atoms with E-state index in [1.165, 1.54) is 0 Å². The van der Waals surface area contributed by atoms with Crippen molar-refractivity contribution in [2.75, 3.05) is 13.2 Å². The molecule has 0 radical (unpaired) electrons. The zero-order valence-corrected chi connectivity index (χ0v) is 14.0. The quantitative estimate of drug-likeness (QED) is 0.780. The number of ether oxygens (including phenoxy) is 2. The second-order valence-corrected chi connectivity index (χ2v) is 6.46. The van der Waals surface area contributed by atoms with E-state index >= 15 is 0 Å². The number of halogens is 2. The Morgan fingerprint density at radius 3 is 2.64 bits per heavy atom. The molecule has 7 heteroatoms. The first kappa shape index (κ1) is 17.6. The number of hydrogen-bond donors (Lipinski definition) is 0. The minimum atomic E-state index is -2.87. The van der Waals surface area contributed by atoms with Crippen molar-refractivity contribution in [3.05, 3.63) is 35.9 Å². The number of benzene rings is 1. The van der Waals surface area contributed by atoms with Crippen molar-refractivity contribution in [3.8, 4) is 0 Å². The van der Waals surface area contributed by atoms with Gasteiger partial charge in [0.25, 0.3) is 5.92 Å². The molecule has 1 aromatic rings. The van der Waals surface area contributed by atoms with E-state index in [2.05, 4.69) is 0 Å². The number of carbonyl (C=O) groups is 2. The highest BCUT2D eigenvalue weighted by Gasteiger charge is 2.61. The topological polar surface area (TPSA) is 55.8 Å². The molecule has 1 saturated heterocycles. The molecule has 2 aliphatic rings. The van der Waals surface area contributed by atoms with Crippen LogP contribution in [0.2, 0.25) is 0 Å². The zero-order valence-electron chi connectivity index (χ0n) is 14.0. The molecule has 1 aliphatic carbocycles. The summed E-state index contributed by atoms with van der Waals surface area (Å²) in [5.41, 5.74) is 0.785. The summed E-state index contributed by atoms with van der Waals surface area (Å²) in [5.74, 6) is -5.11. The molecule has 1 aliphatic heterocycles. The zero-order chi connectivity index (χ0) is 18.0. The Hall–Kier alpha value is -2.18. The van der Waals surface area contributed by atoms with Crippen LogP contribution < -0.4 is 0 Å². The molecule has 0 bridgehead atoms. The number of nitrogens with zero attached hydrogens (tertiary/aromatic N) is 1. The van der Waals surface area contributed by atoms with Gasteiger partial charge in [0.05, 0.1) is 6.61 Å². The SMILES string of the molecule is CCOC(=O)[C@@H]1[C@H]2CCC(F)(F)[C@@H]2CN1C(=O)OCc1ccccc1. The van der Waals surface area contributed by atoms with Crippen LogP contribution in [0.4, 0.5) is 13.6 Å². The third kappa shape index (κ3) is 3.45. The van der Waals surface area contributed by atoms with E-state index in [0.717, 1.165) is 10.5 Å². The van der Waals surface area contributed by atoms with Gasteiger partial charge in [-0.05, 0) is 18.9 Å². The Kier molecular flexibility index (Phi) is 4.92. The largest absolute Gasteiger partial charge is 0.464 e. The van der Waals surface area contributed by atoms with Gasteiger partial charge in [0.2, 0.25) is 0 Å². The second kappa shape index (κ2) is 6.98. The van der Waals surface area contributed by atoms with Gasteiger partial charge >= 0.3 is 12.1 Å². The molecule has 0 N–H and O–H groups in total. The van der Waals surface area contributed by atoms with Gasteiger partial charge in [-0.15, -0.1) is 0 Å². The van der Waals surface area contributed by atoms with Crippen LogP contribution in [0.3, 0.4) is 0 Å². The standard InChI is InChI=1S/C18H21F2NO4/c1-2-24-16(22)15-13-8-9-18(19,20)14(13)10-21(15)17(23)25-11-12-6-4-3-5-7-12/h3-7,13-15H,2,8-11H2,1H3/t13-,14+,15-/m0/s1. The number of fused-ring (bicyclic) bond motifs is 1. The summed E-state index contributed by atoms with van der Waals surface area (Å²) in [6.45, 7) is 1.62. The lowest BCUT2D eigenvalue weighted by atomic mass is 9.93. The summed E-state index contributed by atoms with van der Waals surface area (Å²) >= 11 is 0. The molecule has 0 aromatic heterocycles. The normalized spacial score (nSPS) is 27.0. The number of alkyl halides is 2. The second-order valence-electron chi connectivity index (χ2n) is 6.46. The highest BCUT2D eigenvalue weighted by Crippen LogP contribution is 2.51. The molecule has 2 fully saturated rings. The first-order chi connectivity index (χ1) is 11.9. The maximum atomic E-state index is 14.1. The highest BCUT2D eigenvalue weighted by molar-refractivity contribution is 5.82. The smallest absolute Gasteiger partial charge is 0.410 e. The van der Waals surface area contributed by atoms with E-state index in [1.807, 2.05) is 18.2 Å². The van der Waals surface area contributed by atoms with Crippen LogP contribution in [0.25, 0.3) is 0 Å². The fraction of sp³-hybridized carbons (Fsp3) is 0.556. The van der Waals surface area contributed by atoms with E-state index in [9.17, 15) is 18.4 Å². The van der Waals surface area contributed by atoms with Crippen molar-refractivity contribution in [1.82, 2.24) is 4.90 Å². The Bertz CT molecular complexity index is 637. The van der Waals surface area contributed by atoms with Crippen molar-refractivity contribution in [3.63, 3.8) is 0 Å². The third-order valence-corrected chi connectivity index (χ3v) is 4.97. The Morgan fingerprint density at radius 2 is 1.96 bits per heavy atom. The molecule has 136 valence electrons. The Labute approximate surface area is 144 Å². The highest BCUT2D eigenvalue weighted by atomic mass is 19.3. The van der Waals surface area contributed by atoms with E-state index in [-0.39, 0.29) is 32.6 Å². The summed E-state index contributed by atoms with van der Waals surface area (Å²) < 4.78 is 38.4. The molecule has 1 saturated carbocycles. The van der Waals surface area contributed by atoms with Gasteiger partial charge in [-0.25, -0.2) is 18.4 Å². The molecule has 0 spiro atoms. The molecule has 0 unspecified atom stereocenters. The lowest BCUT2D eigenvalue weighted by Crippen LogP contribution is -2.44. The van der Waals surface area contributed by atoms with Gasteiger partial charge in [0.1, 0.15) is 12.6 Å². The van der Waals surface area contributed by atoms with Crippen molar-refractivity contribution in [2.45, 2.75) is 38.3 Å². The average Bonchev–Trinajstić information content (AvgIpc) is 3.12. The van der Waals surface area contributed by atoms with E-state index in [0.29, 0.717) is 0 Å². The van der Waals surface area contributed by atoms with E-state index < -0.39 is 35.9 Å². The lowest BCUT2D eigenvalue weighted by molar-refractivity contribution is -0.149. The van der Waals surface area contributed by atoms with Crippen molar-refractivity contribution in [1.29, 1.82) is 0 Å². The Morgan fingerprint density at radius 1 is 1.24 bits per heavy atom. The van der Waals surface area contributed by atoms with Crippen LogP contribution in [0.1, 0.15) is 25.3 Å². The maximum absolute atomic E-state index is 14.1. The fourth-order valence-corrected chi connectivity index (χ4v) is 3.78. The van der Waals surface area contributed by atoms with Crippen LogP contribution in [-0.2, 0) is 20.9 Å².